The number of benzene rings is 1. The highest BCUT2D eigenvalue weighted by Crippen LogP contribution is 2.31. The maximum absolute atomic E-state index is 13.3. The standard InChI is InChI=1S/C20H23N3O2/c1-4-16-18-6-5-9-22(18)10-11-23(16)20(24)19-13-14-12-15(25-3)7-8-17(14)21(19)2/h5-9,12-13,16H,4,10-11H2,1-3H3/t16-/m1/s1. The van der Waals surface area contributed by atoms with Gasteiger partial charge in [-0.15, -0.1) is 0 Å². The molecule has 1 aliphatic heterocycles. The average Bonchev–Trinajstić information content (AvgIpc) is 3.24. The van der Waals surface area contributed by atoms with Gasteiger partial charge in [0.05, 0.1) is 13.2 Å². The second-order valence-electron chi connectivity index (χ2n) is 6.56. The van der Waals surface area contributed by atoms with Crippen LogP contribution in [0.15, 0.2) is 42.6 Å². The number of carbonyl (C=O) groups is 1. The van der Waals surface area contributed by atoms with Crippen molar-refractivity contribution in [2.75, 3.05) is 13.7 Å². The molecule has 0 bridgehead atoms. The summed E-state index contributed by atoms with van der Waals surface area (Å²) in [7, 11) is 3.61. The lowest BCUT2D eigenvalue weighted by Gasteiger charge is -2.36. The highest BCUT2D eigenvalue weighted by molar-refractivity contribution is 5.99. The zero-order valence-corrected chi connectivity index (χ0v) is 14.9. The van der Waals surface area contributed by atoms with Crippen LogP contribution in [0.1, 0.15) is 35.6 Å². The first kappa shape index (κ1) is 15.8. The first-order valence-corrected chi connectivity index (χ1v) is 8.73. The lowest BCUT2D eigenvalue weighted by Crippen LogP contribution is -2.42. The van der Waals surface area contributed by atoms with Gasteiger partial charge in [-0.05, 0) is 42.8 Å². The molecule has 1 aliphatic rings. The minimum atomic E-state index is 0.0944. The number of aromatic nitrogens is 2. The van der Waals surface area contributed by atoms with Gasteiger partial charge in [0, 0.05) is 42.9 Å². The van der Waals surface area contributed by atoms with Gasteiger partial charge in [0.15, 0.2) is 0 Å². The summed E-state index contributed by atoms with van der Waals surface area (Å²) in [6.07, 6.45) is 3.01. The number of carbonyl (C=O) groups excluding carboxylic acids is 1. The summed E-state index contributed by atoms with van der Waals surface area (Å²) < 4.78 is 9.54. The normalized spacial score (nSPS) is 16.9. The fourth-order valence-corrected chi connectivity index (χ4v) is 3.94. The lowest BCUT2D eigenvalue weighted by molar-refractivity contribution is 0.0608. The first-order chi connectivity index (χ1) is 12.1. The van der Waals surface area contributed by atoms with Crippen LogP contribution < -0.4 is 4.74 Å². The predicted molar refractivity (Wildman–Crippen MR) is 98.0 cm³/mol. The molecule has 1 atom stereocenters. The summed E-state index contributed by atoms with van der Waals surface area (Å²) in [4.78, 5) is 15.3. The van der Waals surface area contributed by atoms with Crippen LogP contribution in [0.3, 0.4) is 0 Å². The SMILES string of the molecule is CC[C@@H]1c2cccn2CCN1C(=O)c1cc2cc(OC)ccc2n1C. The van der Waals surface area contributed by atoms with Crippen LogP contribution in [0.25, 0.3) is 10.9 Å². The Hall–Kier alpha value is -2.69. The number of hydrogen-bond donors (Lipinski definition) is 0. The van der Waals surface area contributed by atoms with E-state index in [1.54, 1.807) is 7.11 Å². The van der Waals surface area contributed by atoms with Crippen LogP contribution >= 0.6 is 0 Å². The molecular formula is C20H23N3O2. The van der Waals surface area contributed by atoms with Crippen LogP contribution in [0.4, 0.5) is 0 Å². The average molecular weight is 337 g/mol. The Labute approximate surface area is 147 Å². The smallest absolute Gasteiger partial charge is 0.271 e. The van der Waals surface area contributed by atoms with E-state index in [4.69, 9.17) is 4.74 Å². The molecule has 0 spiro atoms. The van der Waals surface area contributed by atoms with E-state index in [1.807, 2.05) is 40.8 Å². The highest BCUT2D eigenvalue weighted by Gasteiger charge is 2.31. The van der Waals surface area contributed by atoms with Crippen molar-refractivity contribution in [3.05, 3.63) is 54.0 Å². The van der Waals surface area contributed by atoms with Gasteiger partial charge in [-0.25, -0.2) is 0 Å². The maximum Gasteiger partial charge on any atom is 0.271 e. The molecule has 130 valence electrons. The molecule has 0 saturated heterocycles. The Bertz CT molecular complexity index is 938. The van der Waals surface area contributed by atoms with E-state index >= 15 is 0 Å². The van der Waals surface area contributed by atoms with E-state index < -0.39 is 0 Å². The van der Waals surface area contributed by atoms with Crippen molar-refractivity contribution in [1.29, 1.82) is 0 Å². The van der Waals surface area contributed by atoms with Crippen LogP contribution in [0, 0.1) is 0 Å². The predicted octanol–water partition coefficient (Wildman–Crippen LogP) is 3.60. The summed E-state index contributed by atoms with van der Waals surface area (Å²) in [5, 5.41) is 1.03. The third-order valence-electron chi connectivity index (χ3n) is 5.28. The van der Waals surface area contributed by atoms with Crippen molar-refractivity contribution in [1.82, 2.24) is 14.0 Å². The number of rotatable bonds is 3. The van der Waals surface area contributed by atoms with E-state index in [2.05, 4.69) is 29.8 Å². The molecule has 0 radical (unpaired) electrons. The van der Waals surface area contributed by atoms with Crippen LogP contribution in [0.2, 0.25) is 0 Å². The van der Waals surface area contributed by atoms with Gasteiger partial charge in [0.1, 0.15) is 11.4 Å². The van der Waals surface area contributed by atoms with Crippen LogP contribution in [-0.2, 0) is 13.6 Å². The topological polar surface area (TPSA) is 39.4 Å². The molecule has 0 saturated carbocycles. The van der Waals surface area contributed by atoms with Gasteiger partial charge in [0.25, 0.3) is 5.91 Å². The molecule has 3 aromatic rings. The molecule has 0 aliphatic carbocycles. The minimum absolute atomic E-state index is 0.0944. The number of methoxy groups -OCH3 is 1. The molecular weight excluding hydrogens is 314 g/mol. The third-order valence-corrected chi connectivity index (χ3v) is 5.28. The Kier molecular flexibility index (Phi) is 3.79. The van der Waals surface area contributed by atoms with Gasteiger partial charge in [0.2, 0.25) is 0 Å². The van der Waals surface area contributed by atoms with Crippen LogP contribution in [0.5, 0.6) is 5.75 Å². The first-order valence-electron chi connectivity index (χ1n) is 8.73. The molecule has 4 rings (SSSR count). The Morgan fingerprint density at radius 2 is 2.08 bits per heavy atom. The second kappa shape index (κ2) is 5.99. The summed E-state index contributed by atoms with van der Waals surface area (Å²) in [6.45, 7) is 3.73. The molecule has 0 unspecified atom stereocenters. The van der Waals surface area contributed by atoms with E-state index in [0.717, 1.165) is 41.9 Å². The van der Waals surface area contributed by atoms with E-state index in [-0.39, 0.29) is 11.9 Å². The molecule has 25 heavy (non-hydrogen) atoms. The Morgan fingerprint density at radius 3 is 2.84 bits per heavy atom. The molecule has 0 N–H and O–H groups in total. The fraction of sp³-hybridized carbons (Fsp3) is 0.350. The van der Waals surface area contributed by atoms with Crippen molar-refractivity contribution in [3.8, 4) is 5.75 Å². The quantitative estimate of drug-likeness (QED) is 0.732. The molecule has 1 amide bonds. The van der Waals surface area contributed by atoms with E-state index in [1.165, 1.54) is 5.69 Å². The number of fused-ring (bicyclic) bond motifs is 2. The number of aryl methyl sites for hydroxylation is 1. The van der Waals surface area contributed by atoms with Crippen LogP contribution in [-0.4, -0.2) is 33.6 Å². The van der Waals surface area contributed by atoms with Gasteiger partial charge in [-0.3, -0.25) is 4.79 Å². The van der Waals surface area contributed by atoms with Crippen molar-refractivity contribution in [3.63, 3.8) is 0 Å². The number of nitrogens with zero attached hydrogens (tertiary/aromatic N) is 3. The van der Waals surface area contributed by atoms with Gasteiger partial charge in [-0.1, -0.05) is 6.92 Å². The van der Waals surface area contributed by atoms with E-state index in [0.29, 0.717) is 0 Å². The number of hydrogen-bond acceptors (Lipinski definition) is 2. The molecule has 5 nitrogen and oxygen atoms in total. The van der Waals surface area contributed by atoms with Crippen molar-refractivity contribution in [2.45, 2.75) is 25.9 Å². The summed E-state index contributed by atoms with van der Waals surface area (Å²) >= 11 is 0. The monoisotopic (exact) mass is 337 g/mol. The molecule has 1 aromatic carbocycles. The Morgan fingerprint density at radius 1 is 1.24 bits per heavy atom. The minimum Gasteiger partial charge on any atom is -0.497 e. The fourth-order valence-electron chi connectivity index (χ4n) is 3.94. The summed E-state index contributed by atoms with van der Waals surface area (Å²) in [6, 6.07) is 12.2. The highest BCUT2D eigenvalue weighted by atomic mass is 16.5. The van der Waals surface area contributed by atoms with Crippen molar-refractivity contribution < 1.29 is 9.53 Å². The molecule has 2 aromatic heterocycles. The lowest BCUT2D eigenvalue weighted by atomic mass is 10.1. The van der Waals surface area contributed by atoms with Gasteiger partial charge in [-0.2, -0.15) is 0 Å². The largest absolute Gasteiger partial charge is 0.497 e. The van der Waals surface area contributed by atoms with Crippen molar-refractivity contribution in [2.24, 2.45) is 7.05 Å². The molecule has 0 fully saturated rings. The summed E-state index contributed by atoms with van der Waals surface area (Å²) in [5.41, 5.74) is 2.99. The van der Waals surface area contributed by atoms with Crippen molar-refractivity contribution >= 4 is 16.8 Å². The maximum atomic E-state index is 13.3. The third kappa shape index (κ3) is 2.42. The van der Waals surface area contributed by atoms with E-state index in [9.17, 15) is 4.79 Å². The molecule has 5 heteroatoms. The second-order valence-corrected chi connectivity index (χ2v) is 6.56. The van der Waals surface area contributed by atoms with Gasteiger partial charge >= 0.3 is 0 Å². The zero-order chi connectivity index (χ0) is 17.6. The number of amides is 1. The zero-order valence-electron chi connectivity index (χ0n) is 14.9. The Balaban J connectivity index is 1.73. The number of ether oxygens (including phenoxy) is 1. The summed E-state index contributed by atoms with van der Waals surface area (Å²) in [5.74, 6) is 0.899. The van der Waals surface area contributed by atoms with Gasteiger partial charge < -0.3 is 18.8 Å². The molecule has 3 heterocycles.